The Kier molecular flexibility index (Phi) is 11.8. The lowest BCUT2D eigenvalue weighted by molar-refractivity contribution is 0.0241. The van der Waals surface area contributed by atoms with E-state index in [1.807, 2.05) is 12.1 Å². The Hall–Kier alpha value is -0.520. The molecule has 21 heavy (non-hydrogen) atoms. The largest absolute Gasteiger partial charge is 0.491 e. The zero-order valence-electron chi connectivity index (χ0n) is 12.5. The van der Waals surface area contributed by atoms with Crippen molar-refractivity contribution in [1.29, 1.82) is 0 Å². The van der Waals surface area contributed by atoms with Crippen LogP contribution in [-0.2, 0) is 4.74 Å². The van der Waals surface area contributed by atoms with Gasteiger partial charge in [0, 0.05) is 17.6 Å². The quantitative estimate of drug-likeness (QED) is 0.644. The molecule has 0 aromatic heterocycles. The second-order valence-electron chi connectivity index (χ2n) is 4.75. The highest BCUT2D eigenvalue weighted by Crippen LogP contribution is 2.15. The Bertz CT molecular complexity index is 362. The molecule has 6 heteroatoms. The van der Waals surface area contributed by atoms with Gasteiger partial charge in [-0.05, 0) is 37.6 Å². The molecule has 0 radical (unpaired) electrons. The van der Waals surface area contributed by atoms with E-state index in [0.29, 0.717) is 37.4 Å². The van der Waals surface area contributed by atoms with E-state index in [2.05, 4.69) is 19.2 Å². The maximum absolute atomic E-state index is 9.70. The van der Waals surface area contributed by atoms with Gasteiger partial charge in [-0.2, -0.15) is 0 Å². The van der Waals surface area contributed by atoms with Crippen molar-refractivity contribution < 1.29 is 14.6 Å². The zero-order chi connectivity index (χ0) is 14.8. The van der Waals surface area contributed by atoms with Crippen molar-refractivity contribution in [3.05, 3.63) is 29.3 Å². The van der Waals surface area contributed by atoms with Gasteiger partial charge in [0.1, 0.15) is 12.4 Å². The maximum Gasteiger partial charge on any atom is 0.119 e. The summed E-state index contributed by atoms with van der Waals surface area (Å²) in [6.07, 6.45) is 0.558. The second kappa shape index (κ2) is 12.1. The third-order valence-corrected chi connectivity index (χ3v) is 3.19. The van der Waals surface area contributed by atoms with Crippen molar-refractivity contribution in [2.45, 2.75) is 32.4 Å². The van der Waals surface area contributed by atoms with Gasteiger partial charge in [0.2, 0.25) is 0 Å². The number of nitrogens with one attached hydrogen (secondary N) is 1. The highest BCUT2D eigenvalue weighted by atomic mass is 35.5. The molecule has 4 nitrogen and oxygen atoms in total. The van der Waals surface area contributed by atoms with Crippen molar-refractivity contribution in [1.82, 2.24) is 5.32 Å². The van der Waals surface area contributed by atoms with E-state index in [-0.39, 0.29) is 12.4 Å². The Balaban J connectivity index is 0.00000400. The molecule has 1 aromatic carbocycles. The molecular formula is C15H25Cl2NO3. The second-order valence-corrected chi connectivity index (χ2v) is 5.19. The molecule has 0 amide bonds. The normalized spacial score (nSPS) is 13.3. The molecule has 0 fully saturated rings. The number of halogens is 2. The van der Waals surface area contributed by atoms with Gasteiger partial charge in [0.15, 0.2) is 0 Å². The molecule has 0 saturated carbocycles. The molecule has 0 aliphatic carbocycles. The summed E-state index contributed by atoms with van der Waals surface area (Å²) < 4.78 is 10.8. The van der Waals surface area contributed by atoms with Crippen LogP contribution in [0.15, 0.2) is 24.3 Å². The molecule has 0 bridgehead atoms. The fraction of sp³-hybridized carbons (Fsp3) is 0.600. The summed E-state index contributed by atoms with van der Waals surface area (Å²) in [4.78, 5) is 0. The first-order valence-corrected chi connectivity index (χ1v) is 7.37. The minimum atomic E-state index is -0.487. The van der Waals surface area contributed by atoms with Crippen LogP contribution in [0.2, 0.25) is 5.02 Å². The third kappa shape index (κ3) is 9.93. The SMILES string of the molecule is CCC(C)NCC(O)COCCOc1ccc(Cl)cc1.Cl. The van der Waals surface area contributed by atoms with Crippen molar-refractivity contribution in [2.75, 3.05) is 26.4 Å². The lowest BCUT2D eigenvalue weighted by atomic mass is 10.2. The summed E-state index contributed by atoms with van der Waals surface area (Å²) in [5.41, 5.74) is 0. The van der Waals surface area contributed by atoms with E-state index in [1.165, 1.54) is 0 Å². The van der Waals surface area contributed by atoms with Gasteiger partial charge in [-0.25, -0.2) is 0 Å². The molecule has 1 aromatic rings. The van der Waals surface area contributed by atoms with E-state index in [1.54, 1.807) is 12.1 Å². The summed E-state index contributed by atoms with van der Waals surface area (Å²) in [7, 11) is 0. The average Bonchev–Trinajstić information content (AvgIpc) is 2.46. The van der Waals surface area contributed by atoms with E-state index in [9.17, 15) is 5.11 Å². The highest BCUT2D eigenvalue weighted by Gasteiger charge is 2.06. The third-order valence-electron chi connectivity index (χ3n) is 2.93. The van der Waals surface area contributed by atoms with Crippen LogP contribution in [0.1, 0.15) is 20.3 Å². The smallest absolute Gasteiger partial charge is 0.119 e. The van der Waals surface area contributed by atoms with Crippen LogP contribution in [-0.4, -0.2) is 43.6 Å². The molecule has 0 aliphatic rings. The number of aliphatic hydroxyl groups is 1. The Morgan fingerprint density at radius 2 is 1.90 bits per heavy atom. The number of aliphatic hydroxyl groups excluding tert-OH is 1. The topological polar surface area (TPSA) is 50.7 Å². The molecule has 1 rings (SSSR count). The van der Waals surface area contributed by atoms with E-state index >= 15 is 0 Å². The van der Waals surface area contributed by atoms with Gasteiger partial charge in [0.05, 0.1) is 19.3 Å². The predicted octanol–water partition coefficient (Wildman–Crippen LogP) is 2.91. The van der Waals surface area contributed by atoms with Gasteiger partial charge in [-0.1, -0.05) is 18.5 Å². The number of rotatable bonds is 10. The molecule has 2 unspecified atom stereocenters. The van der Waals surface area contributed by atoms with Gasteiger partial charge in [-0.3, -0.25) is 0 Å². The Morgan fingerprint density at radius 1 is 1.24 bits per heavy atom. The Morgan fingerprint density at radius 3 is 2.52 bits per heavy atom. The summed E-state index contributed by atoms with van der Waals surface area (Å²) in [5.74, 6) is 0.761. The first-order chi connectivity index (χ1) is 9.61. The minimum Gasteiger partial charge on any atom is -0.491 e. The maximum atomic E-state index is 9.70. The van der Waals surface area contributed by atoms with Crippen LogP contribution in [0.4, 0.5) is 0 Å². The van der Waals surface area contributed by atoms with Gasteiger partial charge in [-0.15, -0.1) is 12.4 Å². The van der Waals surface area contributed by atoms with Crippen molar-refractivity contribution in [2.24, 2.45) is 0 Å². The van der Waals surface area contributed by atoms with E-state index in [4.69, 9.17) is 21.1 Å². The predicted molar refractivity (Wildman–Crippen MR) is 88.8 cm³/mol. The van der Waals surface area contributed by atoms with Crippen LogP contribution in [0, 0.1) is 0 Å². The molecule has 0 aliphatic heterocycles. The molecule has 122 valence electrons. The summed E-state index contributed by atoms with van der Waals surface area (Å²) in [6.45, 7) is 5.96. The van der Waals surface area contributed by atoms with Gasteiger partial charge in [0.25, 0.3) is 0 Å². The number of hydrogen-bond acceptors (Lipinski definition) is 4. The first kappa shape index (κ1) is 20.5. The summed E-state index contributed by atoms with van der Waals surface area (Å²) in [6, 6.07) is 7.60. The number of ether oxygens (including phenoxy) is 2. The standard InChI is InChI=1S/C15H24ClNO3.ClH/c1-3-12(2)17-10-14(18)11-19-8-9-20-15-6-4-13(16)5-7-15;/h4-7,12,14,17-18H,3,8-11H2,1-2H3;1H. The molecule has 0 spiro atoms. The van der Waals surface area contributed by atoms with Crippen molar-refractivity contribution in [3.63, 3.8) is 0 Å². The molecular weight excluding hydrogens is 313 g/mol. The van der Waals surface area contributed by atoms with Crippen LogP contribution >= 0.6 is 24.0 Å². The summed E-state index contributed by atoms with van der Waals surface area (Å²) in [5, 5.41) is 13.6. The lowest BCUT2D eigenvalue weighted by Crippen LogP contribution is -2.35. The van der Waals surface area contributed by atoms with E-state index < -0.39 is 6.10 Å². The first-order valence-electron chi connectivity index (χ1n) is 6.99. The highest BCUT2D eigenvalue weighted by molar-refractivity contribution is 6.30. The minimum absolute atomic E-state index is 0. The van der Waals surface area contributed by atoms with Crippen LogP contribution < -0.4 is 10.1 Å². The van der Waals surface area contributed by atoms with Gasteiger partial charge < -0.3 is 19.9 Å². The van der Waals surface area contributed by atoms with Crippen LogP contribution in [0.25, 0.3) is 0 Å². The fourth-order valence-electron chi connectivity index (χ4n) is 1.51. The molecule has 0 heterocycles. The van der Waals surface area contributed by atoms with Crippen LogP contribution in [0.3, 0.4) is 0 Å². The fourth-order valence-corrected chi connectivity index (χ4v) is 1.64. The van der Waals surface area contributed by atoms with E-state index in [0.717, 1.165) is 12.2 Å². The van der Waals surface area contributed by atoms with Crippen molar-refractivity contribution >= 4 is 24.0 Å². The van der Waals surface area contributed by atoms with Crippen LogP contribution in [0.5, 0.6) is 5.75 Å². The lowest BCUT2D eigenvalue weighted by Gasteiger charge is -2.16. The molecule has 2 N–H and O–H groups in total. The average molecular weight is 338 g/mol. The number of benzene rings is 1. The molecule has 2 atom stereocenters. The summed E-state index contributed by atoms with van der Waals surface area (Å²) >= 11 is 5.78. The van der Waals surface area contributed by atoms with Crippen molar-refractivity contribution in [3.8, 4) is 5.75 Å². The zero-order valence-corrected chi connectivity index (χ0v) is 14.1. The Labute approximate surface area is 138 Å². The van der Waals surface area contributed by atoms with Gasteiger partial charge >= 0.3 is 0 Å². The molecule has 0 saturated heterocycles. The monoisotopic (exact) mass is 337 g/mol. The number of hydrogen-bond donors (Lipinski definition) is 2.